The number of nitrogen functional groups attached to an aromatic ring is 1. The molecule has 0 aliphatic heterocycles. The molecule has 1 atom stereocenters. The molecule has 0 saturated heterocycles. The van der Waals surface area contributed by atoms with Crippen molar-refractivity contribution in [1.82, 2.24) is 4.90 Å². The zero-order chi connectivity index (χ0) is 13.0. The third-order valence-electron chi connectivity index (χ3n) is 3.22. The first kappa shape index (κ1) is 18.8. The summed E-state index contributed by atoms with van der Waals surface area (Å²) in [6.07, 6.45) is 0.997. The number of benzene rings is 2. The first-order valence-electron chi connectivity index (χ1n) is 6.22. The van der Waals surface area contributed by atoms with E-state index in [9.17, 15) is 0 Å². The fourth-order valence-corrected chi connectivity index (χ4v) is 2.15. The van der Waals surface area contributed by atoms with Crippen molar-refractivity contribution < 1.29 is 0 Å². The minimum absolute atomic E-state index is 0. The largest absolute Gasteiger partial charge is 0.399 e. The summed E-state index contributed by atoms with van der Waals surface area (Å²) < 4.78 is 0. The number of halogens is 2. The van der Waals surface area contributed by atoms with Gasteiger partial charge in [-0.3, -0.25) is 0 Å². The van der Waals surface area contributed by atoms with Gasteiger partial charge in [0.25, 0.3) is 0 Å². The lowest BCUT2D eigenvalue weighted by atomic mass is 9.98. The Bertz CT molecular complexity index is 484. The van der Waals surface area contributed by atoms with Crippen molar-refractivity contribution in [1.29, 1.82) is 0 Å². The van der Waals surface area contributed by atoms with E-state index >= 15 is 0 Å². The maximum absolute atomic E-state index is 5.72. The van der Waals surface area contributed by atoms with Gasteiger partial charge < -0.3 is 10.6 Å². The highest BCUT2D eigenvalue weighted by molar-refractivity contribution is 5.85. The molecular formula is C16H22Cl2N2. The predicted molar refractivity (Wildman–Crippen MR) is 91.9 cm³/mol. The Morgan fingerprint density at radius 3 is 1.95 bits per heavy atom. The van der Waals surface area contributed by atoms with E-state index < -0.39 is 0 Å². The van der Waals surface area contributed by atoms with Crippen LogP contribution in [-0.4, -0.2) is 19.0 Å². The Hall–Kier alpha value is -1.22. The number of nitrogens with zero attached hydrogens (tertiary/aromatic N) is 1. The van der Waals surface area contributed by atoms with E-state index in [-0.39, 0.29) is 24.8 Å². The summed E-state index contributed by atoms with van der Waals surface area (Å²) >= 11 is 0. The van der Waals surface area contributed by atoms with Crippen LogP contribution >= 0.6 is 24.8 Å². The quantitative estimate of drug-likeness (QED) is 0.866. The summed E-state index contributed by atoms with van der Waals surface area (Å²) in [4.78, 5) is 2.26. The number of rotatable bonds is 4. The molecule has 0 fully saturated rings. The lowest BCUT2D eigenvalue weighted by Crippen LogP contribution is -2.22. The monoisotopic (exact) mass is 312 g/mol. The number of nitrogens with two attached hydrogens (primary N) is 1. The average Bonchev–Trinajstić information content (AvgIpc) is 2.38. The molecular weight excluding hydrogens is 291 g/mol. The van der Waals surface area contributed by atoms with Crippen molar-refractivity contribution in [2.75, 3.05) is 19.8 Å². The fourth-order valence-electron chi connectivity index (χ4n) is 2.15. The lowest BCUT2D eigenvalue weighted by molar-refractivity contribution is 0.297. The van der Waals surface area contributed by atoms with Gasteiger partial charge >= 0.3 is 0 Å². The van der Waals surface area contributed by atoms with E-state index in [4.69, 9.17) is 5.73 Å². The summed E-state index contributed by atoms with van der Waals surface area (Å²) in [6.45, 7) is 0. The second-order valence-corrected chi connectivity index (χ2v) is 4.84. The van der Waals surface area contributed by atoms with Gasteiger partial charge in [-0.1, -0.05) is 42.5 Å². The van der Waals surface area contributed by atoms with Gasteiger partial charge in [-0.25, -0.2) is 0 Å². The van der Waals surface area contributed by atoms with E-state index in [1.54, 1.807) is 0 Å². The van der Waals surface area contributed by atoms with Crippen LogP contribution in [0.3, 0.4) is 0 Å². The normalized spacial score (nSPS) is 11.3. The van der Waals surface area contributed by atoms with Gasteiger partial charge in [0.2, 0.25) is 0 Å². The molecule has 0 bridgehead atoms. The zero-order valence-electron chi connectivity index (χ0n) is 11.8. The van der Waals surface area contributed by atoms with Crippen molar-refractivity contribution in [2.45, 2.75) is 12.5 Å². The molecule has 0 heterocycles. The molecule has 2 aromatic carbocycles. The number of anilines is 1. The van der Waals surface area contributed by atoms with Gasteiger partial charge in [0.1, 0.15) is 0 Å². The van der Waals surface area contributed by atoms with Gasteiger partial charge in [0.15, 0.2) is 0 Å². The van der Waals surface area contributed by atoms with Crippen LogP contribution in [0.1, 0.15) is 17.2 Å². The molecule has 0 amide bonds. The van der Waals surface area contributed by atoms with Gasteiger partial charge in [-0.2, -0.15) is 0 Å². The molecule has 0 spiro atoms. The summed E-state index contributed by atoms with van der Waals surface area (Å²) in [6, 6.07) is 19.1. The molecule has 2 nitrogen and oxygen atoms in total. The summed E-state index contributed by atoms with van der Waals surface area (Å²) in [7, 11) is 4.24. The second-order valence-electron chi connectivity index (χ2n) is 4.84. The van der Waals surface area contributed by atoms with Gasteiger partial charge in [-0.05, 0) is 43.8 Å². The van der Waals surface area contributed by atoms with Gasteiger partial charge in [0.05, 0.1) is 0 Å². The average molecular weight is 313 g/mol. The van der Waals surface area contributed by atoms with E-state index in [0.29, 0.717) is 6.04 Å². The first-order chi connectivity index (χ1) is 8.66. The summed E-state index contributed by atoms with van der Waals surface area (Å²) in [5.41, 5.74) is 9.20. The second kappa shape index (κ2) is 8.85. The zero-order valence-corrected chi connectivity index (χ0v) is 13.5. The smallest absolute Gasteiger partial charge is 0.0382 e. The molecule has 0 aliphatic rings. The van der Waals surface area contributed by atoms with Crippen molar-refractivity contribution in [3.8, 4) is 0 Å². The first-order valence-corrected chi connectivity index (χ1v) is 6.22. The van der Waals surface area contributed by atoms with Crippen molar-refractivity contribution >= 4 is 30.5 Å². The summed E-state index contributed by atoms with van der Waals surface area (Å²) in [5.74, 6) is 0. The minimum atomic E-state index is 0. The molecule has 2 aromatic rings. The molecule has 2 N–H and O–H groups in total. The van der Waals surface area contributed by atoms with Crippen LogP contribution in [-0.2, 0) is 6.42 Å². The van der Waals surface area contributed by atoms with Gasteiger partial charge in [0, 0.05) is 11.7 Å². The maximum Gasteiger partial charge on any atom is 0.0382 e. The van der Waals surface area contributed by atoms with E-state index in [1.807, 2.05) is 12.1 Å². The summed E-state index contributed by atoms with van der Waals surface area (Å²) in [5, 5.41) is 0. The molecule has 1 unspecified atom stereocenters. The van der Waals surface area contributed by atoms with Crippen molar-refractivity contribution in [2.24, 2.45) is 0 Å². The molecule has 0 radical (unpaired) electrons. The van der Waals surface area contributed by atoms with Crippen LogP contribution in [0.5, 0.6) is 0 Å². The minimum Gasteiger partial charge on any atom is -0.399 e. The molecule has 0 aromatic heterocycles. The Morgan fingerprint density at radius 1 is 0.900 bits per heavy atom. The molecule has 0 saturated carbocycles. The molecule has 4 heteroatoms. The maximum atomic E-state index is 5.72. The van der Waals surface area contributed by atoms with Crippen LogP contribution in [0.4, 0.5) is 5.69 Å². The lowest BCUT2D eigenvalue weighted by Gasteiger charge is -2.25. The molecule has 110 valence electrons. The Morgan fingerprint density at radius 2 is 1.45 bits per heavy atom. The van der Waals surface area contributed by atoms with Crippen LogP contribution < -0.4 is 5.73 Å². The SMILES string of the molecule is CN(C)C(Cc1ccc(N)cc1)c1ccccc1.Cl.Cl. The van der Waals surface area contributed by atoms with E-state index in [0.717, 1.165) is 12.1 Å². The Kier molecular flexibility index (Phi) is 8.31. The topological polar surface area (TPSA) is 29.3 Å². The molecule has 0 aliphatic carbocycles. The Labute approximate surface area is 133 Å². The Balaban J connectivity index is 0.00000180. The van der Waals surface area contributed by atoms with Crippen molar-refractivity contribution in [3.63, 3.8) is 0 Å². The third kappa shape index (κ3) is 5.04. The van der Waals surface area contributed by atoms with Gasteiger partial charge in [-0.15, -0.1) is 24.8 Å². The van der Waals surface area contributed by atoms with Crippen LogP contribution in [0.25, 0.3) is 0 Å². The molecule has 20 heavy (non-hydrogen) atoms. The van der Waals surface area contributed by atoms with Crippen LogP contribution in [0, 0.1) is 0 Å². The highest BCUT2D eigenvalue weighted by Crippen LogP contribution is 2.23. The van der Waals surface area contributed by atoms with E-state index in [2.05, 4.69) is 61.5 Å². The highest BCUT2D eigenvalue weighted by atomic mass is 35.5. The molecule has 2 rings (SSSR count). The standard InChI is InChI=1S/C16H20N2.2ClH/c1-18(2)16(14-6-4-3-5-7-14)12-13-8-10-15(17)11-9-13;;/h3-11,16H,12,17H2,1-2H3;2*1H. The third-order valence-corrected chi connectivity index (χ3v) is 3.22. The predicted octanol–water partition coefficient (Wildman–Crippen LogP) is 3.96. The van der Waals surface area contributed by atoms with E-state index in [1.165, 1.54) is 11.1 Å². The number of likely N-dealkylation sites (N-methyl/N-ethyl adjacent to an activating group) is 1. The number of hydrogen-bond donors (Lipinski definition) is 1. The van der Waals surface area contributed by atoms with Crippen LogP contribution in [0.2, 0.25) is 0 Å². The highest BCUT2D eigenvalue weighted by Gasteiger charge is 2.14. The van der Waals surface area contributed by atoms with Crippen molar-refractivity contribution in [3.05, 3.63) is 65.7 Å². The number of hydrogen-bond acceptors (Lipinski definition) is 2. The van der Waals surface area contributed by atoms with Crippen LogP contribution in [0.15, 0.2) is 54.6 Å². The fraction of sp³-hybridized carbons (Fsp3) is 0.250.